The Balaban J connectivity index is 2.08. The minimum absolute atomic E-state index is 0.0699. The largest absolute Gasteiger partial charge is 0.342 e. The fraction of sp³-hybridized carbons (Fsp3) is 0.333. The molecule has 4 nitrogen and oxygen atoms in total. The second-order valence-corrected chi connectivity index (χ2v) is 4.58. The van der Waals surface area contributed by atoms with Gasteiger partial charge in [-0.1, -0.05) is 13.3 Å². The van der Waals surface area contributed by atoms with Crippen LogP contribution in [0.4, 0.5) is 0 Å². The van der Waals surface area contributed by atoms with Gasteiger partial charge in [-0.05, 0) is 36.8 Å². The maximum Gasteiger partial charge on any atom is 0.253 e. The predicted molar refractivity (Wildman–Crippen MR) is 75.4 cm³/mol. The number of carbonyl (C=O) groups is 1. The van der Waals surface area contributed by atoms with E-state index in [1.54, 1.807) is 15.8 Å². The first kappa shape index (κ1) is 13.3. The molecule has 4 heteroatoms. The Morgan fingerprint density at radius 3 is 2.63 bits per heavy atom. The minimum atomic E-state index is 0.0699. The number of hydrogen-bond acceptors (Lipinski definition) is 2. The molecule has 1 heterocycles. The molecule has 0 saturated carbocycles. The van der Waals surface area contributed by atoms with Crippen LogP contribution in [0.5, 0.6) is 0 Å². The first-order valence-corrected chi connectivity index (χ1v) is 6.58. The number of unbranched alkanes of at least 4 members (excludes halogenated alkanes) is 1. The van der Waals surface area contributed by atoms with Gasteiger partial charge in [0, 0.05) is 31.5 Å². The van der Waals surface area contributed by atoms with Gasteiger partial charge in [-0.25, -0.2) is 4.68 Å². The zero-order valence-electron chi connectivity index (χ0n) is 11.4. The summed E-state index contributed by atoms with van der Waals surface area (Å²) in [5.41, 5.74) is 1.67. The first-order chi connectivity index (χ1) is 9.22. The quantitative estimate of drug-likeness (QED) is 0.826. The standard InChI is InChI=1S/C15H19N3O/c1-3-4-11-17(2)15(19)13-6-8-14(9-7-13)18-12-5-10-16-18/h5-10,12H,3-4,11H2,1-2H3. The van der Waals surface area contributed by atoms with E-state index >= 15 is 0 Å². The molecule has 1 aromatic heterocycles. The zero-order valence-corrected chi connectivity index (χ0v) is 11.4. The van der Waals surface area contributed by atoms with Crippen molar-refractivity contribution in [1.29, 1.82) is 0 Å². The summed E-state index contributed by atoms with van der Waals surface area (Å²) in [7, 11) is 1.85. The first-order valence-electron chi connectivity index (χ1n) is 6.58. The van der Waals surface area contributed by atoms with Gasteiger partial charge < -0.3 is 4.90 Å². The molecule has 100 valence electrons. The predicted octanol–water partition coefficient (Wildman–Crippen LogP) is 2.74. The Morgan fingerprint density at radius 1 is 1.32 bits per heavy atom. The van der Waals surface area contributed by atoms with Crippen LogP contribution in [0.2, 0.25) is 0 Å². The van der Waals surface area contributed by atoms with Gasteiger partial charge >= 0.3 is 0 Å². The fourth-order valence-electron chi connectivity index (χ4n) is 1.90. The zero-order chi connectivity index (χ0) is 13.7. The summed E-state index contributed by atoms with van der Waals surface area (Å²) in [4.78, 5) is 13.9. The summed E-state index contributed by atoms with van der Waals surface area (Å²) in [5.74, 6) is 0.0699. The molecule has 1 aromatic carbocycles. The van der Waals surface area contributed by atoms with Gasteiger partial charge in [-0.3, -0.25) is 4.79 Å². The number of nitrogens with zero attached hydrogens (tertiary/aromatic N) is 3. The van der Waals surface area contributed by atoms with Gasteiger partial charge in [-0.15, -0.1) is 0 Å². The summed E-state index contributed by atoms with van der Waals surface area (Å²) >= 11 is 0. The molecule has 2 aromatic rings. The molecule has 1 amide bonds. The second kappa shape index (κ2) is 6.18. The van der Waals surface area contributed by atoms with Crippen LogP contribution in [0.3, 0.4) is 0 Å². The molecule has 0 spiro atoms. The topological polar surface area (TPSA) is 38.1 Å². The molecule has 0 unspecified atom stereocenters. The van der Waals surface area contributed by atoms with E-state index in [1.165, 1.54) is 0 Å². The van der Waals surface area contributed by atoms with Crippen molar-refractivity contribution in [3.63, 3.8) is 0 Å². The lowest BCUT2D eigenvalue weighted by Gasteiger charge is -2.16. The van der Waals surface area contributed by atoms with Gasteiger partial charge in [-0.2, -0.15) is 5.10 Å². The van der Waals surface area contributed by atoms with Crippen molar-refractivity contribution in [2.75, 3.05) is 13.6 Å². The third-order valence-electron chi connectivity index (χ3n) is 3.08. The molecule has 0 fully saturated rings. The number of amides is 1. The second-order valence-electron chi connectivity index (χ2n) is 4.58. The number of hydrogen-bond donors (Lipinski definition) is 0. The van der Waals surface area contributed by atoms with Gasteiger partial charge in [0.25, 0.3) is 5.91 Å². The van der Waals surface area contributed by atoms with Gasteiger partial charge in [0.15, 0.2) is 0 Å². The summed E-state index contributed by atoms with van der Waals surface area (Å²) in [6.45, 7) is 2.92. The van der Waals surface area contributed by atoms with E-state index in [0.717, 1.165) is 30.6 Å². The number of benzene rings is 1. The van der Waals surface area contributed by atoms with Crippen molar-refractivity contribution in [2.45, 2.75) is 19.8 Å². The number of carbonyl (C=O) groups excluding carboxylic acids is 1. The highest BCUT2D eigenvalue weighted by Gasteiger charge is 2.10. The normalized spacial score (nSPS) is 10.4. The van der Waals surface area contributed by atoms with Crippen LogP contribution in [-0.2, 0) is 0 Å². The molecule has 0 saturated heterocycles. The minimum Gasteiger partial charge on any atom is -0.342 e. The molecule has 0 aliphatic carbocycles. The molecular formula is C15H19N3O. The van der Waals surface area contributed by atoms with Crippen molar-refractivity contribution in [3.8, 4) is 5.69 Å². The van der Waals surface area contributed by atoms with E-state index in [2.05, 4.69) is 12.0 Å². The fourth-order valence-corrected chi connectivity index (χ4v) is 1.90. The lowest BCUT2D eigenvalue weighted by molar-refractivity contribution is 0.0793. The summed E-state index contributed by atoms with van der Waals surface area (Å²) in [6, 6.07) is 9.39. The molecular weight excluding hydrogens is 238 g/mol. The van der Waals surface area contributed by atoms with Gasteiger partial charge in [0.2, 0.25) is 0 Å². The molecule has 2 rings (SSSR count). The van der Waals surface area contributed by atoms with E-state index in [0.29, 0.717) is 0 Å². The highest BCUT2D eigenvalue weighted by Crippen LogP contribution is 2.10. The molecule has 19 heavy (non-hydrogen) atoms. The van der Waals surface area contributed by atoms with Crippen LogP contribution >= 0.6 is 0 Å². The highest BCUT2D eigenvalue weighted by atomic mass is 16.2. The lowest BCUT2D eigenvalue weighted by atomic mass is 10.2. The third-order valence-corrected chi connectivity index (χ3v) is 3.08. The van der Waals surface area contributed by atoms with Crippen molar-refractivity contribution >= 4 is 5.91 Å². The molecule has 0 aliphatic heterocycles. The Labute approximate surface area is 113 Å². The van der Waals surface area contributed by atoms with E-state index in [9.17, 15) is 4.79 Å². The average molecular weight is 257 g/mol. The van der Waals surface area contributed by atoms with E-state index < -0.39 is 0 Å². The number of aromatic nitrogens is 2. The van der Waals surface area contributed by atoms with E-state index in [-0.39, 0.29) is 5.91 Å². The third kappa shape index (κ3) is 3.22. The van der Waals surface area contributed by atoms with Crippen LogP contribution in [0.15, 0.2) is 42.7 Å². The van der Waals surface area contributed by atoms with Crippen LogP contribution in [0, 0.1) is 0 Å². The SMILES string of the molecule is CCCCN(C)C(=O)c1ccc(-n2cccn2)cc1. The molecule has 0 N–H and O–H groups in total. The molecule has 0 atom stereocenters. The summed E-state index contributed by atoms with van der Waals surface area (Å²) in [5, 5.41) is 4.16. The average Bonchev–Trinajstić information content (AvgIpc) is 2.98. The Morgan fingerprint density at radius 2 is 2.05 bits per heavy atom. The monoisotopic (exact) mass is 257 g/mol. The van der Waals surface area contributed by atoms with Gasteiger partial charge in [0.05, 0.1) is 5.69 Å². The van der Waals surface area contributed by atoms with Crippen molar-refractivity contribution in [3.05, 3.63) is 48.3 Å². The lowest BCUT2D eigenvalue weighted by Crippen LogP contribution is -2.27. The molecule has 0 bridgehead atoms. The van der Waals surface area contributed by atoms with Crippen molar-refractivity contribution in [1.82, 2.24) is 14.7 Å². The maximum absolute atomic E-state index is 12.2. The van der Waals surface area contributed by atoms with E-state index in [4.69, 9.17) is 0 Å². The maximum atomic E-state index is 12.2. The van der Waals surface area contributed by atoms with Crippen molar-refractivity contribution < 1.29 is 4.79 Å². The van der Waals surface area contributed by atoms with E-state index in [1.807, 2.05) is 43.6 Å². The van der Waals surface area contributed by atoms with Gasteiger partial charge in [0.1, 0.15) is 0 Å². The van der Waals surface area contributed by atoms with Crippen LogP contribution in [0.25, 0.3) is 5.69 Å². The Bertz CT molecular complexity index is 517. The Hall–Kier alpha value is -2.10. The van der Waals surface area contributed by atoms with Crippen LogP contribution in [-0.4, -0.2) is 34.2 Å². The highest BCUT2D eigenvalue weighted by molar-refractivity contribution is 5.94. The van der Waals surface area contributed by atoms with Crippen LogP contribution in [0.1, 0.15) is 30.1 Å². The number of rotatable bonds is 5. The van der Waals surface area contributed by atoms with Crippen LogP contribution < -0.4 is 0 Å². The van der Waals surface area contributed by atoms with Crippen molar-refractivity contribution in [2.24, 2.45) is 0 Å². The smallest absolute Gasteiger partial charge is 0.253 e. The Kier molecular flexibility index (Phi) is 4.34. The summed E-state index contributed by atoms with van der Waals surface area (Å²) < 4.78 is 1.77. The molecule has 0 aliphatic rings. The molecule has 0 radical (unpaired) electrons. The summed E-state index contributed by atoms with van der Waals surface area (Å²) in [6.07, 6.45) is 5.74.